The van der Waals surface area contributed by atoms with E-state index in [0.717, 1.165) is 75.1 Å². The van der Waals surface area contributed by atoms with E-state index in [1.54, 1.807) is 0 Å². The van der Waals surface area contributed by atoms with Crippen LogP contribution in [0.5, 0.6) is 0 Å². The molecule has 0 bridgehead atoms. The number of aryl methyl sites for hydroxylation is 4. The molecule has 4 rings (SSSR count). The first-order valence-corrected chi connectivity index (χ1v) is 17.9. The molecule has 0 atom stereocenters. The van der Waals surface area contributed by atoms with Crippen molar-refractivity contribution in [1.29, 1.82) is 0 Å². The summed E-state index contributed by atoms with van der Waals surface area (Å²) < 4.78 is 1.04. The molecule has 0 aromatic heterocycles. The second kappa shape index (κ2) is 23.3. The van der Waals surface area contributed by atoms with E-state index < -0.39 is 0 Å². The van der Waals surface area contributed by atoms with E-state index in [0.29, 0.717) is 8.64 Å². The van der Waals surface area contributed by atoms with Gasteiger partial charge in [0.25, 0.3) is 0 Å². The average Bonchev–Trinajstić information content (AvgIpc) is 3.06. The second-order valence-electron chi connectivity index (χ2n) is 11.5. The van der Waals surface area contributed by atoms with Crippen molar-refractivity contribution in [3.63, 3.8) is 0 Å². The molecule has 0 spiro atoms. The Morgan fingerprint density at radius 3 is 0.837 bits per heavy atom. The SMILES string of the molecule is Cc1ccccc1NCCN(CCNc1ccccc1C)C(=S)[S-].Cc1ccccc1NCCN(CCNc1ccccc1C)C(=S)[S-].[Cu+2]. The van der Waals surface area contributed by atoms with Gasteiger partial charge in [0.15, 0.2) is 0 Å². The molecule has 0 amide bonds. The molecule has 1 radical (unpaired) electrons. The van der Waals surface area contributed by atoms with E-state index in [1.165, 1.54) is 22.3 Å². The zero-order valence-electron chi connectivity index (χ0n) is 28.7. The zero-order chi connectivity index (χ0) is 34.7. The largest absolute Gasteiger partial charge is 2.00 e. The maximum Gasteiger partial charge on any atom is 2.00 e. The van der Waals surface area contributed by atoms with Gasteiger partial charge >= 0.3 is 17.1 Å². The Morgan fingerprint density at radius 2 is 0.653 bits per heavy atom. The molecule has 0 heterocycles. The van der Waals surface area contributed by atoms with Gasteiger partial charge in [0.2, 0.25) is 0 Å². The minimum absolute atomic E-state index is 0. The number of rotatable bonds is 16. The Labute approximate surface area is 326 Å². The Morgan fingerprint density at radius 1 is 0.449 bits per heavy atom. The molecule has 0 fully saturated rings. The van der Waals surface area contributed by atoms with E-state index in [2.05, 4.69) is 107 Å². The number of hydrogen-bond donors (Lipinski definition) is 4. The van der Waals surface area contributed by atoms with Gasteiger partial charge in [0.05, 0.1) is 0 Å². The first-order chi connectivity index (χ1) is 23.2. The molecule has 0 aliphatic heterocycles. The number of anilines is 4. The van der Waals surface area contributed by atoms with Crippen LogP contribution in [-0.2, 0) is 42.3 Å². The Bertz CT molecular complexity index is 1370. The van der Waals surface area contributed by atoms with Gasteiger partial charge < -0.3 is 80.8 Å². The number of thiocarbonyl (C=S) groups is 2. The number of nitrogens with one attached hydrogen (secondary N) is 4. The van der Waals surface area contributed by atoms with Crippen molar-refractivity contribution < 1.29 is 17.1 Å². The maximum absolute atomic E-state index is 5.21. The molecular formula is C38H48CuN6S4. The normalized spacial score (nSPS) is 10.0. The Balaban J connectivity index is 0.000000333. The van der Waals surface area contributed by atoms with Crippen LogP contribution in [0.15, 0.2) is 97.1 Å². The predicted octanol–water partition coefficient (Wildman–Crippen LogP) is 7.92. The summed E-state index contributed by atoms with van der Waals surface area (Å²) in [4.78, 5) is 4.11. The topological polar surface area (TPSA) is 54.6 Å². The minimum atomic E-state index is 0. The fraction of sp³-hybridized carbons (Fsp3) is 0.316. The van der Waals surface area contributed by atoms with Crippen LogP contribution >= 0.6 is 24.4 Å². The van der Waals surface area contributed by atoms with Gasteiger partial charge in [-0.3, -0.25) is 0 Å². The first kappa shape index (κ1) is 42.0. The van der Waals surface area contributed by atoms with Gasteiger partial charge in [-0.2, -0.15) is 0 Å². The third kappa shape index (κ3) is 15.5. The van der Waals surface area contributed by atoms with Crippen LogP contribution in [0.2, 0.25) is 0 Å². The average molecular weight is 781 g/mol. The number of para-hydroxylation sites is 4. The Hall–Kier alpha value is -3.18. The van der Waals surface area contributed by atoms with E-state index in [4.69, 9.17) is 49.7 Å². The number of benzene rings is 4. The minimum Gasteiger partial charge on any atom is -0.411 e. The van der Waals surface area contributed by atoms with Gasteiger partial charge in [-0.25, -0.2) is 0 Å². The molecule has 0 unspecified atom stereocenters. The van der Waals surface area contributed by atoms with Crippen LogP contribution in [0, 0.1) is 27.7 Å². The monoisotopic (exact) mass is 779 g/mol. The van der Waals surface area contributed by atoms with Crippen molar-refractivity contribution in [3.8, 4) is 0 Å². The smallest absolute Gasteiger partial charge is 0.411 e. The predicted molar refractivity (Wildman–Crippen MR) is 222 cm³/mol. The molecule has 0 saturated heterocycles. The van der Waals surface area contributed by atoms with Gasteiger partial charge in [-0.15, -0.1) is 0 Å². The van der Waals surface area contributed by atoms with Gasteiger partial charge in [0.1, 0.15) is 0 Å². The molecule has 6 nitrogen and oxygen atoms in total. The van der Waals surface area contributed by atoms with Crippen molar-refractivity contribution in [2.45, 2.75) is 27.7 Å². The number of nitrogens with zero attached hydrogens (tertiary/aromatic N) is 2. The standard InChI is InChI=1S/2C19H25N3S2.Cu/c2*1-15-7-3-5-9-17(15)20-11-13-22(19(23)24)14-12-21-18-10-6-4-8-16(18)2;/h2*3-10,20-21H,11-14H2,1-2H3,(H,23,24);/q;;+2/p-2. The first-order valence-electron chi connectivity index (χ1n) is 16.3. The Kier molecular flexibility index (Phi) is 19.9. The third-order valence-corrected chi connectivity index (χ3v) is 8.92. The fourth-order valence-corrected chi connectivity index (χ4v) is 5.71. The van der Waals surface area contributed by atoms with Gasteiger partial charge in [-0.1, -0.05) is 81.4 Å². The summed E-state index contributed by atoms with van der Waals surface area (Å²) in [6.07, 6.45) is 0. The summed E-state index contributed by atoms with van der Waals surface area (Å²) in [5, 5.41) is 13.8. The quantitative estimate of drug-likeness (QED) is 0.0513. The van der Waals surface area contributed by atoms with Crippen molar-refractivity contribution in [3.05, 3.63) is 119 Å². The van der Waals surface area contributed by atoms with E-state index in [-0.39, 0.29) is 17.1 Å². The van der Waals surface area contributed by atoms with Crippen molar-refractivity contribution >= 4 is 81.1 Å². The van der Waals surface area contributed by atoms with Crippen molar-refractivity contribution in [2.75, 3.05) is 73.6 Å². The molecule has 0 aliphatic carbocycles. The van der Waals surface area contributed by atoms with Crippen LogP contribution < -0.4 is 21.3 Å². The second-order valence-corrected chi connectivity index (χ2v) is 13.5. The molecule has 4 aromatic carbocycles. The summed E-state index contributed by atoms with van der Waals surface area (Å²) in [5.74, 6) is 0. The summed E-state index contributed by atoms with van der Waals surface area (Å²) in [6.45, 7) is 14.8. The third-order valence-electron chi connectivity index (χ3n) is 7.89. The number of hydrogen-bond acceptors (Lipinski definition) is 8. The summed E-state index contributed by atoms with van der Waals surface area (Å²) in [6, 6.07) is 33.1. The van der Waals surface area contributed by atoms with Crippen LogP contribution in [-0.4, -0.2) is 70.8 Å². The van der Waals surface area contributed by atoms with Crippen LogP contribution in [0.4, 0.5) is 22.7 Å². The van der Waals surface area contributed by atoms with Gasteiger partial charge in [-0.05, 0) is 74.2 Å². The summed E-state index contributed by atoms with van der Waals surface area (Å²) >= 11 is 20.9. The van der Waals surface area contributed by atoms with E-state index in [9.17, 15) is 0 Å². The van der Waals surface area contributed by atoms with Crippen LogP contribution in [0.3, 0.4) is 0 Å². The summed E-state index contributed by atoms with van der Waals surface area (Å²) in [7, 11) is 0. The van der Waals surface area contributed by atoms with Crippen LogP contribution in [0.25, 0.3) is 0 Å². The molecule has 49 heavy (non-hydrogen) atoms. The fourth-order valence-electron chi connectivity index (χ4n) is 4.98. The summed E-state index contributed by atoms with van der Waals surface area (Å²) in [5.41, 5.74) is 9.60. The van der Waals surface area contributed by atoms with Crippen molar-refractivity contribution in [1.82, 2.24) is 9.80 Å². The molecule has 0 aliphatic rings. The molecule has 265 valence electrons. The maximum atomic E-state index is 5.21. The molecule has 0 saturated carbocycles. The van der Waals surface area contributed by atoms with E-state index >= 15 is 0 Å². The molecular weight excluding hydrogens is 732 g/mol. The van der Waals surface area contributed by atoms with Crippen molar-refractivity contribution in [2.24, 2.45) is 0 Å². The molecule has 4 aromatic rings. The molecule has 4 N–H and O–H groups in total. The zero-order valence-corrected chi connectivity index (χ0v) is 32.9. The molecule has 11 heteroatoms. The van der Waals surface area contributed by atoms with Crippen LogP contribution in [0.1, 0.15) is 22.3 Å². The van der Waals surface area contributed by atoms with Gasteiger partial charge in [0, 0.05) is 75.1 Å². The van der Waals surface area contributed by atoms with E-state index in [1.807, 2.05) is 48.5 Å².